The predicted molar refractivity (Wildman–Crippen MR) is 131 cm³/mol. The summed E-state index contributed by atoms with van der Waals surface area (Å²) in [5.74, 6) is 0. The molecule has 1 amide bonds. The van der Waals surface area contributed by atoms with Crippen LogP contribution in [0.25, 0.3) is 16.6 Å². The zero-order valence-electron chi connectivity index (χ0n) is 19.2. The van der Waals surface area contributed by atoms with Gasteiger partial charge >= 0.3 is 6.09 Å². The third-order valence-electron chi connectivity index (χ3n) is 5.45. The molecule has 0 spiro atoms. The fourth-order valence-corrected chi connectivity index (χ4v) is 4.00. The Hall–Kier alpha value is -2.99. The van der Waals surface area contributed by atoms with Gasteiger partial charge in [-0.15, -0.1) is 0 Å². The number of pyridine rings is 1. The molecule has 3 aromatic rings. The lowest BCUT2D eigenvalue weighted by atomic mass is 10.0. The molecule has 0 bridgehead atoms. The zero-order chi connectivity index (χ0) is 23.0. The highest BCUT2D eigenvalue weighted by Gasteiger charge is 2.24. The first-order valence-electron chi connectivity index (χ1n) is 10.8. The van der Waals surface area contributed by atoms with E-state index < -0.39 is 5.60 Å². The van der Waals surface area contributed by atoms with Crippen LogP contribution in [-0.4, -0.2) is 39.7 Å². The van der Waals surface area contributed by atoms with Gasteiger partial charge < -0.3 is 19.9 Å². The summed E-state index contributed by atoms with van der Waals surface area (Å²) in [5, 5.41) is 5.32. The number of amides is 1. The van der Waals surface area contributed by atoms with Crippen molar-refractivity contribution in [3.05, 3.63) is 58.4 Å². The number of benzene rings is 1. The average molecular weight is 453 g/mol. The number of hydrogen-bond donors (Lipinski definition) is 2. The van der Waals surface area contributed by atoms with E-state index in [-0.39, 0.29) is 6.09 Å². The molecule has 2 N–H and O–H groups in total. The Morgan fingerprint density at radius 1 is 1.22 bits per heavy atom. The van der Waals surface area contributed by atoms with E-state index in [0.717, 1.165) is 50.7 Å². The number of nitrogens with zero attached hydrogens (tertiary/aromatic N) is 2. The Kier molecular flexibility index (Phi) is 5.91. The number of fused-ring (bicyclic) bond motifs is 1. The number of halogens is 1. The van der Waals surface area contributed by atoms with Crippen LogP contribution in [0.3, 0.4) is 0 Å². The number of hydrogen-bond acceptors (Lipinski definition) is 4. The van der Waals surface area contributed by atoms with Gasteiger partial charge in [0.1, 0.15) is 11.2 Å². The van der Waals surface area contributed by atoms with E-state index >= 15 is 0 Å². The number of carbonyl (C=O) groups excluding carboxylic acids is 1. The van der Waals surface area contributed by atoms with Crippen LogP contribution in [0.5, 0.6) is 0 Å². The third kappa shape index (κ3) is 4.75. The summed E-state index contributed by atoms with van der Waals surface area (Å²) in [7, 11) is 0. The van der Waals surface area contributed by atoms with Crippen molar-refractivity contribution in [3.8, 4) is 0 Å². The molecule has 1 aromatic carbocycles. The molecule has 7 heteroatoms. The van der Waals surface area contributed by atoms with Gasteiger partial charge in [0.25, 0.3) is 0 Å². The van der Waals surface area contributed by atoms with Crippen LogP contribution in [0.1, 0.15) is 44.0 Å². The van der Waals surface area contributed by atoms with Crippen molar-refractivity contribution in [1.82, 2.24) is 14.9 Å². The predicted octanol–water partition coefficient (Wildman–Crippen LogP) is 6.60. The first-order valence-corrected chi connectivity index (χ1v) is 11.2. The summed E-state index contributed by atoms with van der Waals surface area (Å²) < 4.78 is 5.49. The van der Waals surface area contributed by atoms with Crippen LogP contribution in [-0.2, 0) is 4.74 Å². The lowest BCUT2D eigenvalue weighted by Gasteiger charge is -2.29. The molecule has 1 aliphatic rings. The van der Waals surface area contributed by atoms with E-state index in [0.29, 0.717) is 13.1 Å². The number of aromatic nitrogens is 2. The first kappa shape index (κ1) is 22.2. The second-order valence-corrected chi connectivity index (χ2v) is 9.64. The summed E-state index contributed by atoms with van der Waals surface area (Å²) in [6.45, 7) is 10.8. The molecule has 4 rings (SSSR count). The lowest BCUT2D eigenvalue weighted by molar-refractivity contribution is 0.0270. The van der Waals surface area contributed by atoms with E-state index in [4.69, 9.17) is 16.3 Å². The van der Waals surface area contributed by atoms with Gasteiger partial charge in [-0.3, -0.25) is 0 Å². The van der Waals surface area contributed by atoms with Crippen molar-refractivity contribution >= 4 is 45.7 Å². The molecule has 6 nitrogen and oxygen atoms in total. The van der Waals surface area contributed by atoms with Crippen LogP contribution >= 0.6 is 11.6 Å². The number of aromatic amines is 1. The highest BCUT2D eigenvalue weighted by molar-refractivity contribution is 6.32. The van der Waals surface area contributed by atoms with E-state index in [9.17, 15) is 4.79 Å². The fourth-order valence-electron chi connectivity index (χ4n) is 3.89. The van der Waals surface area contributed by atoms with Crippen molar-refractivity contribution in [2.24, 2.45) is 0 Å². The van der Waals surface area contributed by atoms with Crippen LogP contribution < -0.4 is 5.32 Å². The summed E-state index contributed by atoms with van der Waals surface area (Å²) >= 11 is 6.32. The SMILES string of the molecule is Cc1cc(Nc2ccnc3[nH]c(C4=CCN(C(=O)OC(C)(C)C)CC4)cc23)cc(C)c1Cl. The van der Waals surface area contributed by atoms with Crippen molar-refractivity contribution in [2.75, 3.05) is 18.4 Å². The maximum absolute atomic E-state index is 12.3. The molecule has 2 aromatic heterocycles. The minimum atomic E-state index is -0.492. The van der Waals surface area contributed by atoms with E-state index in [1.165, 1.54) is 5.57 Å². The van der Waals surface area contributed by atoms with Gasteiger partial charge in [-0.05, 0) is 82.0 Å². The van der Waals surface area contributed by atoms with Gasteiger partial charge in [-0.2, -0.15) is 0 Å². The molecule has 0 radical (unpaired) electrons. The molecule has 0 atom stereocenters. The van der Waals surface area contributed by atoms with Crippen molar-refractivity contribution < 1.29 is 9.53 Å². The number of anilines is 2. The molecule has 0 unspecified atom stereocenters. The van der Waals surface area contributed by atoms with Gasteiger partial charge in [0.15, 0.2) is 0 Å². The fraction of sp³-hybridized carbons (Fsp3) is 0.360. The number of aryl methyl sites for hydroxylation is 2. The molecule has 3 heterocycles. The van der Waals surface area contributed by atoms with Gasteiger partial charge in [0.05, 0.1) is 5.69 Å². The van der Waals surface area contributed by atoms with Crippen molar-refractivity contribution in [3.63, 3.8) is 0 Å². The third-order valence-corrected chi connectivity index (χ3v) is 6.05. The molecule has 32 heavy (non-hydrogen) atoms. The number of ether oxygens (including phenoxy) is 1. The first-order chi connectivity index (χ1) is 15.1. The van der Waals surface area contributed by atoms with Crippen molar-refractivity contribution in [1.29, 1.82) is 0 Å². The van der Waals surface area contributed by atoms with Crippen LogP contribution in [0.15, 0.2) is 36.5 Å². The molecule has 168 valence electrons. The normalized spacial score (nSPS) is 14.4. The van der Waals surface area contributed by atoms with Crippen LogP contribution in [0.2, 0.25) is 5.02 Å². The van der Waals surface area contributed by atoms with Crippen molar-refractivity contribution in [2.45, 2.75) is 46.6 Å². The molecule has 0 aliphatic carbocycles. The Bertz CT molecular complexity index is 1180. The number of rotatable bonds is 3. The van der Waals surface area contributed by atoms with Gasteiger partial charge in [-0.25, -0.2) is 9.78 Å². The van der Waals surface area contributed by atoms with Gasteiger partial charge in [0.2, 0.25) is 0 Å². The Balaban J connectivity index is 1.56. The standard InChI is InChI=1S/C25H29ClN4O2/c1-15-12-18(13-16(2)22(15)26)28-20-6-9-27-23-19(20)14-21(29-23)17-7-10-30(11-8-17)24(31)32-25(3,4)5/h6-7,9,12-14H,8,10-11H2,1-5H3,(H2,27,28,29). The maximum Gasteiger partial charge on any atom is 0.410 e. The second-order valence-electron chi connectivity index (χ2n) is 9.26. The summed E-state index contributed by atoms with van der Waals surface area (Å²) in [4.78, 5) is 22.0. The quantitative estimate of drug-likeness (QED) is 0.469. The molecule has 0 fully saturated rings. The second kappa shape index (κ2) is 8.51. The molecule has 0 saturated heterocycles. The number of nitrogens with one attached hydrogen (secondary N) is 2. The molecule has 1 aliphatic heterocycles. The summed E-state index contributed by atoms with van der Waals surface area (Å²) in [6, 6.07) is 8.18. The smallest absolute Gasteiger partial charge is 0.410 e. The minimum Gasteiger partial charge on any atom is -0.444 e. The Morgan fingerprint density at radius 2 is 1.94 bits per heavy atom. The van der Waals surface area contributed by atoms with E-state index in [1.54, 1.807) is 11.1 Å². The maximum atomic E-state index is 12.3. The minimum absolute atomic E-state index is 0.272. The monoisotopic (exact) mass is 452 g/mol. The molecular weight excluding hydrogens is 424 g/mol. The van der Waals surface area contributed by atoms with Gasteiger partial charge in [0, 0.05) is 41.1 Å². The zero-order valence-corrected chi connectivity index (χ0v) is 19.9. The molecular formula is C25H29ClN4O2. The highest BCUT2D eigenvalue weighted by atomic mass is 35.5. The van der Waals surface area contributed by atoms with Crippen LogP contribution in [0.4, 0.5) is 16.2 Å². The van der Waals surface area contributed by atoms with Gasteiger partial charge in [-0.1, -0.05) is 17.7 Å². The Morgan fingerprint density at radius 3 is 2.56 bits per heavy atom. The summed E-state index contributed by atoms with van der Waals surface area (Å²) in [5.41, 5.74) is 6.57. The summed E-state index contributed by atoms with van der Waals surface area (Å²) in [6.07, 6.45) is 4.35. The van der Waals surface area contributed by atoms with E-state index in [1.807, 2.05) is 52.8 Å². The average Bonchev–Trinajstić information content (AvgIpc) is 3.16. The number of H-pyrrole nitrogens is 1. The molecule has 0 saturated carbocycles. The number of carbonyl (C=O) groups is 1. The topological polar surface area (TPSA) is 70.2 Å². The highest BCUT2D eigenvalue weighted by Crippen LogP contribution is 2.32. The van der Waals surface area contributed by atoms with E-state index in [2.05, 4.69) is 27.4 Å². The lowest BCUT2D eigenvalue weighted by Crippen LogP contribution is -2.39. The largest absolute Gasteiger partial charge is 0.444 e. The van der Waals surface area contributed by atoms with Crippen LogP contribution in [0, 0.1) is 13.8 Å². The Labute approximate surface area is 193 Å².